The molecule has 3 N–H and O–H groups in total. The Morgan fingerprint density at radius 1 is 1.23 bits per heavy atom. The fraction of sp³-hybridized carbons (Fsp3) is 0.526. The Labute approximate surface area is 156 Å². The van der Waals surface area contributed by atoms with E-state index in [-0.39, 0.29) is 38.6 Å². The highest BCUT2D eigenvalue weighted by molar-refractivity contribution is 8.00. The van der Waals surface area contributed by atoms with E-state index >= 15 is 0 Å². The van der Waals surface area contributed by atoms with Crippen molar-refractivity contribution in [2.75, 3.05) is 20.1 Å². The summed E-state index contributed by atoms with van der Waals surface area (Å²) >= 11 is 1.40. The van der Waals surface area contributed by atoms with Gasteiger partial charge in [-0.25, -0.2) is 0 Å². The van der Waals surface area contributed by atoms with Crippen LogP contribution in [0.25, 0.3) is 11.0 Å². The van der Waals surface area contributed by atoms with Crippen molar-refractivity contribution < 1.29 is 19.7 Å². The van der Waals surface area contributed by atoms with Crippen LogP contribution in [0.3, 0.4) is 0 Å². The minimum atomic E-state index is -0.698. The average Bonchev–Trinajstić information content (AvgIpc) is 2.46. The summed E-state index contributed by atoms with van der Waals surface area (Å²) in [5.41, 5.74) is 0.196. The highest BCUT2D eigenvalue weighted by Crippen LogP contribution is 2.43. The number of fused-ring (bicyclic) bond motifs is 1. The van der Waals surface area contributed by atoms with E-state index in [4.69, 9.17) is 4.42 Å². The van der Waals surface area contributed by atoms with Gasteiger partial charge in [-0.05, 0) is 20.0 Å². The Morgan fingerprint density at radius 3 is 2.54 bits per heavy atom. The molecule has 1 aromatic heterocycles. The van der Waals surface area contributed by atoms with Gasteiger partial charge in [-0.15, -0.1) is 0 Å². The number of phenols is 2. The number of hydrogen-bond acceptors (Lipinski definition) is 7. The Bertz CT molecular complexity index is 886. The standard InChI is InChI=1S/C19H25NO5S/c1-19(2,3)26-15-8-13(23)17-12(22)7-11(21)16(18(17)25-15)10-5-6-20(4)9-14(10)24/h7-8,10,14,21-22,24H,5-6,9H2,1-4H3/t10-,14+/m1/s1. The topological polar surface area (TPSA) is 94.1 Å². The summed E-state index contributed by atoms with van der Waals surface area (Å²) in [6, 6.07) is 2.53. The van der Waals surface area contributed by atoms with Gasteiger partial charge in [0.05, 0.1) is 6.10 Å². The van der Waals surface area contributed by atoms with Gasteiger partial charge in [0.1, 0.15) is 22.5 Å². The quantitative estimate of drug-likeness (QED) is 0.691. The van der Waals surface area contributed by atoms with Crippen molar-refractivity contribution in [3.63, 3.8) is 0 Å². The van der Waals surface area contributed by atoms with Gasteiger partial charge in [-0.2, -0.15) is 0 Å². The zero-order chi connectivity index (χ0) is 19.2. The third-order valence-corrected chi connectivity index (χ3v) is 5.55. The number of aromatic hydroxyl groups is 2. The molecule has 3 rings (SSSR count). The van der Waals surface area contributed by atoms with Crippen LogP contribution in [-0.4, -0.2) is 51.2 Å². The van der Waals surface area contributed by atoms with E-state index in [9.17, 15) is 20.1 Å². The van der Waals surface area contributed by atoms with E-state index in [1.54, 1.807) is 0 Å². The predicted molar refractivity (Wildman–Crippen MR) is 102 cm³/mol. The first-order valence-electron chi connectivity index (χ1n) is 8.65. The Hall–Kier alpha value is -1.70. The predicted octanol–water partition coefficient (Wildman–Crippen LogP) is 2.87. The lowest BCUT2D eigenvalue weighted by atomic mass is 9.85. The normalized spacial score (nSPS) is 22.0. The maximum absolute atomic E-state index is 12.6. The minimum Gasteiger partial charge on any atom is -0.507 e. The van der Waals surface area contributed by atoms with Crippen molar-refractivity contribution in [2.45, 2.75) is 49.1 Å². The number of rotatable bonds is 2. The van der Waals surface area contributed by atoms with E-state index < -0.39 is 6.10 Å². The molecule has 1 aromatic carbocycles. The summed E-state index contributed by atoms with van der Waals surface area (Å²) in [6.07, 6.45) is -0.0811. The first-order chi connectivity index (χ1) is 12.1. The van der Waals surface area contributed by atoms with Gasteiger partial charge in [0, 0.05) is 34.9 Å². The fourth-order valence-corrected chi connectivity index (χ4v) is 4.33. The number of β-amino-alcohol motifs (C(OH)–C–C–N with tert-alkyl or cyclic N) is 1. The second-order valence-electron chi connectivity index (χ2n) is 7.90. The zero-order valence-electron chi connectivity index (χ0n) is 15.4. The Kier molecular flexibility index (Phi) is 4.98. The molecular weight excluding hydrogens is 354 g/mol. The molecule has 0 aliphatic carbocycles. The maximum atomic E-state index is 12.6. The van der Waals surface area contributed by atoms with Gasteiger partial charge in [-0.3, -0.25) is 4.79 Å². The first-order valence-corrected chi connectivity index (χ1v) is 9.47. The molecule has 6 nitrogen and oxygen atoms in total. The number of aliphatic hydroxyl groups is 1. The Morgan fingerprint density at radius 2 is 1.92 bits per heavy atom. The van der Waals surface area contributed by atoms with Crippen molar-refractivity contribution in [1.82, 2.24) is 4.90 Å². The highest BCUT2D eigenvalue weighted by atomic mass is 32.2. The lowest BCUT2D eigenvalue weighted by molar-refractivity contribution is 0.0630. The fourth-order valence-electron chi connectivity index (χ4n) is 3.44. The van der Waals surface area contributed by atoms with E-state index in [1.807, 2.05) is 32.7 Å². The van der Waals surface area contributed by atoms with Gasteiger partial charge < -0.3 is 24.6 Å². The van der Waals surface area contributed by atoms with Gasteiger partial charge >= 0.3 is 0 Å². The lowest BCUT2D eigenvalue weighted by Gasteiger charge is -2.34. The van der Waals surface area contributed by atoms with Gasteiger partial charge in [0.2, 0.25) is 0 Å². The van der Waals surface area contributed by atoms with Crippen molar-refractivity contribution in [2.24, 2.45) is 0 Å². The number of thioether (sulfide) groups is 1. The third-order valence-electron chi connectivity index (χ3n) is 4.54. The summed E-state index contributed by atoms with van der Waals surface area (Å²) in [7, 11) is 1.92. The van der Waals surface area contributed by atoms with Crippen LogP contribution in [0.5, 0.6) is 11.5 Å². The van der Waals surface area contributed by atoms with Crippen LogP contribution in [0.4, 0.5) is 0 Å². The second kappa shape index (κ2) is 6.79. The molecule has 1 aliphatic heterocycles. The lowest BCUT2D eigenvalue weighted by Crippen LogP contribution is -2.40. The summed E-state index contributed by atoms with van der Waals surface area (Å²) < 4.78 is 5.79. The molecule has 1 saturated heterocycles. The largest absolute Gasteiger partial charge is 0.507 e. The molecule has 2 aromatic rings. The number of likely N-dealkylation sites (tertiary alicyclic amines) is 1. The van der Waals surface area contributed by atoms with Crippen LogP contribution in [-0.2, 0) is 0 Å². The van der Waals surface area contributed by atoms with Crippen molar-refractivity contribution in [1.29, 1.82) is 0 Å². The summed E-state index contributed by atoms with van der Waals surface area (Å²) in [6.45, 7) is 7.23. The molecule has 1 aliphatic rings. The number of nitrogens with zero attached hydrogens (tertiary/aromatic N) is 1. The third kappa shape index (κ3) is 3.70. The van der Waals surface area contributed by atoms with Crippen molar-refractivity contribution >= 4 is 22.7 Å². The number of phenolic OH excluding ortho intramolecular Hbond substituents is 2. The molecule has 142 valence electrons. The molecule has 26 heavy (non-hydrogen) atoms. The van der Waals surface area contributed by atoms with Crippen LogP contribution in [0.15, 0.2) is 26.4 Å². The molecule has 2 heterocycles. The van der Waals surface area contributed by atoms with Gasteiger partial charge in [-0.1, -0.05) is 32.5 Å². The first kappa shape index (κ1) is 19.1. The zero-order valence-corrected chi connectivity index (χ0v) is 16.3. The monoisotopic (exact) mass is 379 g/mol. The molecule has 0 amide bonds. The molecular formula is C19H25NO5S. The number of aliphatic hydroxyl groups excluding tert-OH is 1. The van der Waals surface area contributed by atoms with Crippen LogP contribution < -0.4 is 5.43 Å². The Balaban J connectivity index is 2.23. The minimum absolute atomic E-state index is 0.0437. The molecule has 2 atom stereocenters. The highest BCUT2D eigenvalue weighted by Gasteiger charge is 2.33. The summed E-state index contributed by atoms with van der Waals surface area (Å²) in [5.74, 6) is -0.846. The molecule has 7 heteroatoms. The smallest absolute Gasteiger partial charge is 0.197 e. The van der Waals surface area contributed by atoms with E-state index in [0.717, 1.165) is 12.6 Å². The SMILES string of the molecule is CN1CC[C@@H](c2c(O)cc(O)c3c(=O)cc(SC(C)(C)C)oc23)[C@@H](O)C1. The van der Waals surface area contributed by atoms with E-state index in [0.29, 0.717) is 23.6 Å². The average molecular weight is 379 g/mol. The molecule has 0 radical (unpaired) electrons. The summed E-state index contributed by atoms with van der Waals surface area (Å²) in [4.78, 5) is 14.6. The number of hydrogen-bond donors (Lipinski definition) is 3. The number of benzene rings is 1. The van der Waals surface area contributed by atoms with Gasteiger partial charge in [0.15, 0.2) is 10.5 Å². The van der Waals surface area contributed by atoms with Crippen LogP contribution in [0.1, 0.15) is 38.7 Å². The number of piperidine rings is 1. The van der Waals surface area contributed by atoms with Crippen molar-refractivity contribution in [3.05, 3.63) is 27.9 Å². The summed E-state index contributed by atoms with van der Waals surface area (Å²) in [5, 5.41) is 31.7. The number of likely N-dealkylation sites (N-methyl/N-ethyl adjacent to an activating group) is 1. The van der Waals surface area contributed by atoms with Crippen LogP contribution in [0, 0.1) is 0 Å². The van der Waals surface area contributed by atoms with E-state index in [2.05, 4.69) is 0 Å². The molecule has 0 saturated carbocycles. The van der Waals surface area contributed by atoms with Crippen molar-refractivity contribution in [3.8, 4) is 11.5 Å². The van der Waals surface area contributed by atoms with Crippen LogP contribution in [0.2, 0.25) is 0 Å². The van der Waals surface area contributed by atoms with Gasteiger partial charge in [0.25, 0.3) is 0 Å². The van der Waals surface area contributed by atoms with E-state index in [1.165, 1.54) is 17.8 Å². The van der Waals surface area contributed by atoms with Crippen LogP contribution >= 0.6 is 11.8 Å². The molecule has 0 bridgehead atoms. The molecule has 1 fully saturated rings. The second-order valence-corrected chi connectivity index (χ2v) is 9.73. The molecule has 0 spiro atoms. The molecule has 0 unspecified atom stereocenters. The maximum Gasteiger partial charge on any atom is 0.197 e.